The Morgan fingerprint density at radius 1 is 0.522 bits per heavy atom. The van der Waals surface area contributed by atoms with E-state index >= 15 is 0 Å². The monoisotopic (exact) mass is 1640 g/mol. The zero-order valence-electron chi connectivity index (χ0n) is 74.8. The van der Waals surface area contributed by atoms with Gasteiger partial charge in [0.15, 0.2) is 24.1 Å². The summed E-state index contributed by atoms with van der Waals surface area (Å²) in [5.41, 5.74) is 11.5. The highest BCUT2D eigenvalue weighted by atomic mass is 16.7. The van der Waals surface area contributed by atoms with E-state index < -0.39 is 84.8 Å². The first-order valence-corrected chi connectivity index (χ1v) is 43.8. The van der Waals surface area contributed by atoms with E-state index in [0.717, 1.165) is 68.6 Å². The molecule has 26 heteroatoms. The van der Waals surface area contributed by atoms with Gasteiger partial charge in [-0.05, 0) is 92.4 Å². The number of unbranched alkanes of at least 4 members (excludes halogenated alkanes) is 16. The molecular weight excluding hydrogens is 1470 g/mol. The second-order valence-corrected chi connectivity index (χ2v) is 32.7. The first kappa shape index (κ1) is 111. The number of hydrogen-bond donors (Lipinski definition) is 7. The average molecular weight is 1640 g/mol. The maximum Gasteiger partial charge on any atom is 0.305 e. The summed E-state index contributed by atoms with van der Waals surface area (Å²) in [5.74, 6) is -2.65. The summed E-state index contributed by atoms with van der Waals surface area (Å²) in [6.45, 7) is 38.4. The summed E-state index contributed by atoms with van der Waals surface area (Å²) in [4.78, 5) is 105. The zero-order valence-corrected chi connectivity index (χ0v) is 74.8. The van der Waals surface area contributed by atoms with Gasteiger partial charge in [-0.15, -0.1) is 0 Å². The Labute approximate surface area is 695 Å². The fourth-order valence-electron chi connectivity index (χ4n) is 12.2. The number of ketones is 1. The Balaban J connectivity index is 0. The van der Waals surface area contributed by atoms with Crippen molar-refractivity contribution in [3.05, 3.63) is 35.9 Å². The minimum atomic E-state index is -1.50. The zero-order chi connectivity index (χ0) is 86.4. The van der Waals surface area contributed by atoms with E-state index in [0.29, 0.717) is 104 Å². The molecule has 0 saturated carbocycles. The van der Waals surface area contributed by atoms with Gasteiger partial charge in [-0.2, -0.15) is 0 Å². The maximum absolute atomic E-state index is 13.8. The summed E-state index contributed by atoms with van der Waals surface area (Å²) < 4.78 is 53.1. The SMILES string of the molecule is CC(=O)OCC1O[C@H](OCCC(C)C)C(OC(C)=O)[C@@H](C)[C@@H]1C.CC(C)CCCC[C@@H]1CC(=O)[C@@H](Cc2ccccc2)NC(=O)[C@H](CC(=O)O)NC(=O)CNC(=O)[C@H](CCCCN=C(N)N)NC1=O.CCCCCCCCCCCCCCCCCC(C)C.COCCOCCOCCC(C)C.COCCOCCOCCC(C)C. The second kappa shape index (κ2) is 74.4. The van der Waals surface area contributed by atoms with Crippen molar-refractivity contribution in [2.24, 2.45) is 63.8 Å². The molecule has 1 aromatic carbocycles. The number of guanidine groups is 1. The number of carbonyl (C=O) groups is 8. The molecular formula is C89H165N7O19. The van der Waals surface area contributed by atoms with Crippen LogP contribution in [0, 0.1) is 47.3 Å². The highest BCUT2D eigenvalue weighted by Crippen LogP contribution is 2.34. The molecule has 2 saturated heterocycles. The first-order chi connectivity index (χ1) is 54.9. The first-order valence-electron chi connectivity index (χ1n) is 43.8. The third-order valence-corrected chi connectivity index (χ3v) is 19.6. The van der Waals surface area contributed by atoms with Crippen LogP contribution in [0.3, 0.4) is 0 Å². The number of carbonyl (C=O) groups excluding carboxylic acids is 7. The highest BCUT2D eigenvalue weighted by Gasteiger charge is 2.45. The van der Waals surface area contributed by atoms with Crippen molar-refractivity contribution in [1.82, 2.24) is 21.3 Å². The van der Waals surface area contributed by atoms with Gasteiger partial charge in [0, 0.05) is 66.1 Å². The Hall–Kier alpha value is -5.87. The molecule has 2 unspecified atom stereocenters. The Bertz CT molecular complexity index is 2590. The standard InChI is InChI=1S/C32H49N7O7.C20H42.C17H30O6.2C10H22O3/c1-20(2)10-6-7-13-22-17-26(40)24(16-21-11-4-3-5-12-21)39-31(46)25(18-28(42)43)37-27(41)19-36-30(45)23(38-29(22)44)14-8-9-15-35-32(33)34;1-4-5-6-7-8-9-10-11-12-13-14-15-16-17-18-19-20(2)3;1-10(2)7-8-20-17-16(22-14(6)19)12(4)11(3)15(23-17)9-21-13(5)18;2*1-10(2)4-5-12-8-9-13-7-6-11-3/h3-5,11-12,20,22-25H,6-10,13-19H2,1-2H3,(H,36,45)(H,37,41)(H,38,44)(H,39,46)(H,42,43)(H4,33,34,35);20H,4-19H2,1-3H3;10-12,15-17H,7-9H2,1-6H3;2*10H,4-9H2,1-3H3/t22-,23+,24-,25+;;11-,12-,15?,16?,17-;;/m1.0../s1. The molecule has 1 aromatic rings. The van der Waals surface area contributed by atoms with Crippen LogP contribution in [0.15, 0.2) is 35.3 Å². The number of benzene rings is 1. The molecule has 0 spiro atoms. The smallest absolute Gasteiger partial charge is 0.305 e. The molecule has 0 radical (unpaired) electrons. The molecule has 26 nitrogen and oxygen atoms in total. The predicted octanol–water partition coefficient (Wildman–Crippen LogP) is 14.4. The lowest BCUT2D eigenvalue weighted by atomic mass is 9.83. The number of nitrogens with zero attached hydrogens (tertiary/aromatic N) is 1. The van der Waals surface area contributed by atoms with Gasteiger partial charge in [0.2, 0.25) is 23.6 Å². The quantitative estimate of drug-likeness (QED) is 0.0138. The van der Waals surface area contributed by atoms with E-state index in [1.54, 1.807) is 38.5 Å². The summed E-state index contributed by atoms with van der Waals surface area (Å²) >= 11 is 0. The molecule has 9 atom stereocenters. The Morgan fingerprint density at radius 2 is 0.983 bits per heavy atom. The number of carboxylic acids is 1. The van der Waals surface area contributed by atoms with Gasteiger partial charge >= 0.3 is 17.9 Å². The molecule has 3 rings (SSSR count). The normalized spacial score (nSPS) is 19.4. The Kier molecular flexibility index (Phi) is 71.9. The number of carboxylic acid groups (broad SMARTS) is 1. The predicted molar refractivity (Wildman–Crippen MR) is 457 cm³/mol. The number of aliphatic carboxylic acids is 1. The number of nitrogens with one attached hydrogen (secondary N) is 4. The number of methoxy groups -OCH3 is 2. The molecule has 9 N–H and O–H groups in total. The van der Waals surface area contributed by atoms with Gasteiger partial charge in [0.1, 0.15) is 18.7 Å². The third kappa shape index (κ3) is 67.7. The summed E-state index contributed by atoms with van der Waals surface area (Å²) in [6.07, 6.45) is 28.5. The minimum Gasteiger partial charge on any atom is -0.481 e. The van der Waals surface area contributed by atoms with Gasteiger partial charge < -0.3 is 85.2 Å². The molecule has 0 bridgehead atoms. The largest absolute Gasteiger partial charge is 0.481 e. The number of ether oxygens (including phenoxy) is 10. The van der Waals surface area contributed by atoms with E-state index in [9.17, 15) is 43.5 Å². The van der Waals surface area contributed by atoms with Crippen LogP contribution in [-0.4, -0.2) is 202 Å². The summed E-state index contributed by atoms with van der Waals surface area (Å²) in [5, 5.41) is 19.7. The van der Waals surface area contributed by atoms with E-state index in [2.05, 4.69) is 102 Å². The van der Waals surface area contributed by atoms with Crippen LogP contribution in [-0.2, 0) is 92.1 Å². The van der Waals surface area contributed by atoms with Gasteiger partial charge in [-0.25, -0.2) is 0 Å². The van der Waals surface area contributed by atoms with Crippen LogP contribution < -0.4 is 32.7 Å². The Morgan fingerprint density at radius 3 is 1.45 bits per heavy atom. The van der Waals surface area contributed by atoms with Crippen molar-refractivity contribution in [2.75, 3.05) is 107 Å². The minimum absolute atomic E-state index is 0.0391. The second-order valence-electron chi connectivity index (χ2n) is 32.7. The number of esters is 2. The van der Waals surface area contributed by atoms with E-state index in [4.69, 9.17) is 58.8 Å². The van der Waals surface area contributed by atoms with Crippen molar-refractivity contribution < 1.29 is 90.8 Å². The van der Waals surface area contributed by atoms with E-state index in [-0.39, 0.29) is 61.7 Å². The highest BCUT2D eigenvalue weighted by molar-refractivity contribution is 5.98. The lowest BCUT2D eigenvalue weighted by Crippen LogP contribution is -2.54. The molecule has 4 amide bonds. The number of amides is 4. The fourth-order valence-corrected chi connectivity index (χ4v) is 12.2. The fraction of sp³-hybridized carbons (Fsp3) is 0.831. The van der Waals surface area contributed by atoms with Crippen LogP contribution in [0.4, 0.5) is 0 Å². The lowest BCUT2D eigenvalue weighted by molar-refractivity contribution is -0.280. The van der Waals surface area contributed by atoms with Gasteiger partial charge in [0.25, 0.3) is 0 Å². The molecule has 2 heterocycles. The molecule has 2 fully saturated rings. The van der Waals surface area contributed by atoms with Crippen molar-refractivity contribution in [2.45, 2.75) is 327 Å². The number of Topliss-reactive ketones (excluding diaryl/α,β-unsaturated/α-hetero) is 1. The van der Waals surface area contributed by atoms with Crippen LogP contribution in [0.2, 0.25) is 0 Å². The summed E-state index contributed by atoms with van der Waals surface area (Å²) in [7, 11) is 3.34. The molecule has 670 valence electrons. The molecule has 2 aliphatic rings. The van der Waals surface area contributed by atoms with E-state index in [1.165, 1.54) is 117 Å². The topological polar surface area (TPSA) is 362 Å². The lowest BCUT2D eigenvalue weighted by Gasteiger charge is -2.43. The van der Waals surface area contributed by atoms with Crippen LogP contribution in [0.1, 0.15) is 289 Å². The van der Waals surface area contributed by atoms with Gasteiger partial charge in [-0.3, -0.25) is 43.3 Å². The molecule has 2 aliphatic heterocycles. The molecule has 0 aliphatic carbocycles. The van der Waals surface area contributed by atoms with Crippen molar-refractivity contribution in [1.29, 1.82) is 0 Å². The molecule has 115 heavy (non-hydrogen) atoms. The summed E-state index contributed by atoms with van der Waals surface area (Å²) in [6, 6.07) is 5.34. The number of hydrogen-bond acceptors (Lipinski definition) is 19. The third-order valence-electron chi connectivity index (χ3n) is 19.6. The number of nitrogens with two attached hydrogens (primary N) is 2. The van der Waals surface area contributed by atoms with Crippen molar-refractivity contribution in [3.63, 3.8) is 0 Å². The average Bonchev–Trinajstić information content (AvgIpc) is 0.850. The molecule has 0 aromatic heterocycles. The van der Waals surface area contributed by atoms with Gasteiger partial charge in [-0.1, -0.05) is 242 Å². The number of rotatable bonds is 55. The maximum atomic E-state index is 13.8. The van der Waals surface area contributed by atoms with E-state index in [1.807, 2.05) is 19.9 Å². The van der Waals surface area contributed by atoms with Crippen LogP contribution in [0.25, 0.3) is 0 Å². The van der Waals surface area contributed by atoms with Crippen molar-refractivity contribution in [3.8, 4) is 0 Å². The van der Waals surface area contributed by atoms with Crippen molar-refractivity contribution >= 4 is 53.3 Å². The van der Waals surface area contributed by atoms with Crippen LogP contribution in [0.5, 0.6) is 0 Å². The van der Waals surface area contributed by atoms with Crippen LogP contribution >= 0.6 is 0 Å². The number of aliphatic imine (C=N–C) groups is 1. The van der Waals surface area contributed by atoms with Gasteiger partial charge in [0.05, 0.1) is 84.6 Å².